The van der Waals surface area contributed by atoms with Crippen LogP contribution in [0.4, 0.5) is 0 Å². The van der Waals surface area contributed by atoms with Gasteiger partial charge in [0.25, 0.3) is 0 Å². The van der Waals surface area contributed by atoms with Crippen molar-refractivity contribution in [1.29, 1.82) is 0 Å². The van der Waals surface area contributed by atoms with E-state index in [9.17, 15) is 4.79 Å². The number of nitrogens with one attached hydrogen (secondary N) is 1. The first-order chi connectivity index (χ1) is 11.2. The summed E-state index contributed by atoms with van der Waals surface area (Å²) in [7, 11) is 1.81. The molecule has 0 aliphatic heterocycles. The largest absolute Gasteiger partial charge is 0.492 e. The second-order valence-corrected chi connectivity index (χ2v) is 5.53. The Labute approximate surface area is 152 Å². The average Bonchev–Trinajstić information content (AvgIpc) is 2.58. The number of nitrogens with zero attached hydrogens (tertiary/aromatic N) is 2. The highest BCUT2D eigenvalue weighted by atomic mass is 35.5. The number of hydrogen-bond donors (Lipinski definition) is 1. The van der Waals surface area contributed by atoms with E-state index in [0.29, 0.717) is 19.7 Å². The minimum absolute atomic E-state index is 0. The van der Waals surface area contributed by atoms with E-state index >= 15 is 0 Å². The van der Waals surface area contributed by atoms with Gasteiger partial charge in [0, 0.05) is 7.05 Å². The second kappa shape index (κ2) is 14.1. The van der Waals surface area contributed by atoms with E-state index in [2.05, 4.69) is 24.1 Å². The van der Waals surface area contributed by atoms with Gasteiger partial charge in [-0.15, -0.1) is 12.4 Å². The van der Waals surface area contributed by atoms with Crippen LogP contribution in [0.2, 0.25) is 0 Å². The van der Waals surface area contributed by atoms with E-state index in [-0.39, 0.29) is 18.3 Å². The standard InChI is InChI=1S/C18H31N3O2.ClH/c1-4-21(5-2)13-9-12-19-16-18(22)20(3)14-15-23-17-10-7-6-8-11-17;/h6-8,10-11,19H,4-5,9,12-16H2,1-3H3;1H. The molecule has 0 bridgehead atoms. The molecule has 0 unspecified atom stereocenters. The third-order valence-electron chi connectivity index (χ3n) is 3.86. The van der Waals surface area contributed by atoms with Crippen LogP contribution in [0.3, 0.4) is 0 Å². The predicted molar refractivity (Wildman–Crippen MR) is 102 cm³/mol. The summed E-state index contributed by atoms with van der Waals surface area (Å²) in [6.07, 6.45) is 1.07. The Morgan fingerprint density at radius 3 is 2.42 bits per heavy atom. The molecule has 1 aromatic rings. The van der Waals surface area contributed by atoms with Crippen LogP contribution in [0.15, 0.2) is 30.3 Å². The Balaban J connectivity index is 0.00000529. The van der Waals surface area contributed by atoms with Crippen molar-refractivity contribution in [2.45, 2.75) is 20.3 Å². The highest BCUT2D eigenvalue weighted by Gasteiger charge is 2.08. The lowest BCUT2D eigenvalue weighted by Crippen LogP contribution is -2.38. The highest BCUT2D eigenvalue weighted by molar-refractivity contribution is 5.85. The number of rotatable bonds is 12. The van der Waals surface area contributed by atoms with Crippen molar-refractivity contribution in [3.8, 4) is 5.75 Å². The molecule has 1 aromatic carbocycles. The molecule has 5 nitrogen and oxygen atoms in total. The van der Waals surface area contributed by atoms with E-state index in [1.54, 1.807) is 4.90 Å². The monoisotopic (exact) mass is 357 g/mol. The van der Waals surface area contributed by atoms with Gasteiger partial charge < -0.3 is 19.9 Å². The lowest BCUT2D eigenvalue weighted by molar-refractivity contribution is -0.129. The van der Waals surface area contributed by atoms with Gasteiger partial charge in [-0.2, -0.15) is 0 Å². The van der Waals surface area contributed by atoms with E-state index in [1.165, 1.54) is 0 Å². The first-order valence-corrected chi connectivity index (χ1v) is 8.52. The quantitative estimate of drug-likeness (QED) is 0.583. The molecule has 0 aromatic heterocycles. The van der Waals surface area contributed by atoms with Crippen LogP contribution in [0.5, 0.6) is 5.75 Å². The summed E-state index contributed by atoms with van der Waals surface area (Å²) in [5, 5.41) is 3.22. The number of ether oxygens (including phenoxy) is 1. The minimum Gasteiger partial charge on any atom is -0.492 e. The van der Waals surface area contributed by atoms with Crippen molar-refractivity contribution < 1.29 is 9.53 Å². The van der Waals surface area contributed by atoms with Crippen molar-refractivity contribution in [2.75, 3.05) is 52.9 Å². The fourth-order valence-electron chi connectivity index (χ4n) is 2.24. The van der Waals surface area contributed by atoms with Crippen LogP contribution >= 0.6 is 12.4 Å². The van der Waals surface area contributed by atoms with Crippen molar-refractivity contribution in [2.24, 2.45) is 0 Å². The number of benzene rings is 1. The number of likely N-dealkylation sites (N-methyl/N-ethyl adjacent to an activating group) is 1. The number of halogens is 1. The van der Waals surface area contributed by atoms with Crippen molar-refractivity contribution in [3.63, 3.8) is 0 Å². The molecular formula is C18H32ClN3O2. The van der Waals surface area contributed by atoms with Gasteiger partial charge in [-0.3, -0.25) is 4.79 Å². The molecule has 0 aliphatic rings. The van der Waals surface area contributed by atoms with Gasteiger partial charge in [0.05, 0.1) is 13.1 Å². The maximum atomic E-state index is 12.0. The van der Waals surface area contributed by atoms with Gasteiger partial charge in [0.15, 0.2) is 0 Å². The highest BCUT2D eigenvalue weighted by Crippen LogP contribution is 2.07. The second-order valence-electron chi connectivity index (χ2n) is 5.53. The van der Waals surface area contributed by atoms with Gasteiger partial charge in [-0.1, -0.05) is 32.0 Å². The Kier molecular flexibility index (Phi) is 13.3. The molecule has 0 aliphatic carbocycles. The number of carbonyl (C=O) groups is 1. The number of amides is 1. The van der Waals surface area contributed by atoms with Crippen LogP contribution in [-0.2, 0) is 4.79 Å². The average molecular weight is 358 g/mol. The first-order valence-electron chi connectivity index (χ1n) is 8.52. The van der Waals surface area contributed by atoms with Gasteiger partial charge in [-0.05, 0) is 44.7 Å². The molecule has 24 heavy (non-hydrogen) atoms. The molecule has 0 heterocycles. The third kappa shape index (κ3) is 9.75. The molecule has 0 atom stereocenters. The van der Waals surface area contributed by atoms with Crippen molar-refractivity contribution >= 4 is 18.3 Å². The normalized spacial score (nSPS) is 10.3. The van der Waals surface area contributed by atoms with E-state index in [4.69, 9.17) is 4.74 Å². The van der Waals surface area contributed by atoms with Crippen LogP contribution in [0, 0.1) is 0 Å². The summed E-state index contributed by atoms with van der Waals surface area (Å²) < 4.78 is 5.60. The molecule has 1 amide bonds. The molecule has 0 fully saturated rings. The molecule has 138 valence electrons. The van der Waals surface area contributed by atoms with Crippen molar-refractivity contribution in [3.05, 3.63) is 30.3 Å². The molecule has 0 radical (unpaired) electrons. The van der Waals surface area contributed by atoms with E-state index in [0.717, 1.165) is 38.3 Å². The summed E-state index contributed by atoms with van der Waals surface area (Å²) in [6, 6.07) is 9.66. The molecule has 0 spiro atoms. The van der Waals surface area contributed by atoms with Crippen LogP contribution < -0.4 is 10.1 Å². The lowest BCUT2D eigenvalue weighted by Gasteiger charge is -2.19. The Bertz CT molecular complexity index is 428. The fraction of sp³-hybridized carbons (Fsp3) is 0.611. The van der Waals surface area contributed by atoms with Crippen LogP contribution in [-0.4, -0.2) is 68.6 Å². The molecular weight excluding hydrogens is 326 g/mol. The lowest BCUT2D eigenvalue weighted by atomic mass is 10.3. The minimum atomic E-state index is 0. The Morgan fingerprint density at radius 2 is 1.79 bits per heavy atom. The maximum Gasteiger partial charge on any atom is 0.236 e. The number of carbonyl (C=O) groups excluding carboxylic acids is 1. The van der Waals surface area contributed by atoms with Gasteiger partial charge in [-0.25, -0.2) is 0 Å². The zero-order valence-corrected chi connectivity index (χ0v) is 16.0. The topological polar surface area (TPSA) is 44.8 Å². The van der Waals surface area contributed by atoms with Gasteiger partial charge in [0.2, 0.25) is 5.91 Å². The van der Waals surface area contributed by atoms with Crippen LogP contribution in [0.1, 0.15) is 20.3 Å². The van der Waals surface area contributed by atoms with E-state index < -0.39 is 0 Å². The summed E-state index contributed by atoms with van der Waals surface area (Å²) in [5.74, 6) is 0.937. The molecule has 1 rings (SSSR count). The Hall–Kier alpha value is -1.30. The number of hydrogen-bond acceptors (Lipinski definition) is 4. The predicted octanol–water partition coefficient (Wildman–Crippen LogP) is 2.27. The maximum absolute atomic E-state index is 12.0. The zero-order valence-electron chi connectivity index (χ0n) is 15.2. The van der Waals surface area contributed by atoms with Gasteiger partial charge in [0.1, 0.15) is 12.4 Å². The third-order valence-corrected chi connectivity index (χ3v) is 3.86. The van der Waals surface area contributed by atoms with Crippen LogP contribution in [0.25, 0.3) is 0 Å². The molecule has 0 saturated carbocycles. The number of para-hydroxylation sites is 1. The smallest absolute Gasteiger partial charge is 0.236 e. The first kappa shape index (κ1) is 22.7. The summed E-state index contributed by atoms with van der Waals surface area (Å²) in [6.45, 7) is 9.95. The fourth-order valence-corrected chi connectivity index (χ4v) is 2.24. The SMILES string of the molecule is CCN(CC)CCCNCC(=O)N(C)CCOc1ccccc1.Cl. The zero-order chi connectivity index (χ0) is 16.9. The summed E-state index contributed by atoms with van der Waals surface area (Å²) >= 11 is 0. The van der Waals surface area contributed by atoms with Gasteiger partial charge >= 0.3 is 0 Å². The Morgan fingerprint density at radius 1 is 1.12 bits per heavy atom. The summed E-state index contributed by atoms with van der Waals surface area (Å²) in [5.41, 5.74) is 0. The molecule has 0 saturated heterocycles. The molecule has 1 N–H and O–H groups in total. The molecule has 6 heteroatoms. The van der Waals surface area contributed by atoms with E-state index in [1.807, 2.05) is 37.4 Å². The van der Waals surface area contributed by atoms with Crippen molar-refractivity contribution in [1.82, 2.24) is 15.1 Å². The summed E-state index contributed by atoms with van der Waals surface area (Å²) in [4.78, 5) is 16.1.